The van der Waals surface area contributed by atoms with E-state index in [2.05, 4.69) is 17.0 Å². The van der Waals surface area contributed by atoms with E-state index in [0.29, 0.717) is 0 Å². The number of ether oxygens (including phenoxy) is 1. The second kappa shape index (κ2) is 7.41. The average molecular weight is 251 g/mol. The molecule has 0 aromatic heterocycles. The number of carbonyl (C=O) groups is 1. The predicted molar refractivity (Wildman–Crippen MR) is 55.9 cm³/mol. The number of hydrogen-bond acceptors (Lipinski definition) is 5. The van der Waals surface area contributed by atoms with E-state index in [-0.39, 0.29) is 41.3 Å². The fourth-order valence-electron chi connectivity index (χ4n) is 0.486. The van der Waals surface area contributed by atoms with E-state index in [1.54, 1.807) is 11.6 Å². The van der Waals surface area contributed by atoms with Crippen LogP contribution in [0.5, 0.6) is 0 Å². The summed E-state index contributed by atoms with van der Waals surface area (Å²) in [7, 11) is -3.92. The molecule has 14 heavy (non-hydrogen) atoms. The van der Waals surface area contributed by atoms with Gasteiger partial charge in [-0.05, 0) is 19.1 Å². The van der Waals surface area contributed by atoms with Gasteiger partial charge in [0, 0.05) is 0 Å². The minimum absolute atomic E-state index is 0. The van der Waals surface area contributed by atoms with E-state index in [0.717, 1.165) is 0 Å². The number of carboxylic acid groups (broad SMARTS) is 1. The minimum atomic E-state index is -3.92. The molecule has 0 rings (SSSR count). The summed E-state index contributed by atoms with van der Waals surface area (Å²) in [6.45, 7) is 1.84. The summed E-state index contributed by atoms with van der Waals surface area (Å²) in [6.07, 6.45) is 0. The Hall–Kier alpha value is 0.110. The molecule has 0 aliphatic rings. The van der Waals surface area contributed by atoms with Gasteiger partial charge < -0.3 is 9.84 Å². The maximum atomic E-state index is 10.9. The molecular weight excluding hydrogens is 241 g/mol. The Morgan fingerprint density at radius 3 is 2.43 bits per heavy atom. The Morgan fingerprint density at radius 1 is 1.57 bits per heavy atom. The van der Waals surface area contributed by atoms with Crippen molar-refractivity contribution in [3.8, 4) is 0 Å². The summed E-state index contributed by atoms with van der Waals surface area (Å²) in [6, 6.07) is 0. The van der Waals surface area contributed by atoms with Crippen LogP contribution in [0, 0.1) is 0 Å². The van der Waals surface area contributed by atoms with Gasteiger partial charge in [0.05, 0.1) is 6.61 Å². The summed E-state index contributed by atoms with van der Waals surface area (Å²) in [5, 5.41) is 7.84. The number of carboxylic acids is 1. The zero-order valence-corrected chi connectivity index (χ0v) is 8.44. The van der Waals surface area contributed by atoms with Crippen molar-refractivity contribution in [1.29, 1.82) is 0 Å². The van der Waals surface area contributed by atoms with Gasteiger partial charge in [-0.3, -0.25) is 4.79 Å². The van der Waals surface area contributed by atoms with Gasteiger partial charge in [0.2, 0.25) is 10.0 Å². The first-order chi connectivity index (χ1) is 5.87. The molecule has 0 saturated heterocycles. The summed E-state index contributed by atoms with van der Waals surface area (Å²) in [5.74, 6) is -2.48. The monoisotopic (exact) mass is 251 g/mol. The molecule has 78 valence electrons. The molecule has 0 bridgehead atoms. The van der Waals surface area contributed by atoms with Crippen molar-refractivity contribution < 1.29 is 23.1 Å². The Bertz CT molecular complexity index is 301. The zero-order valence-electron chi connectivity index (χ0n) is 6.81. The molecule has 0 aliphatic carbocycles. The van der Waals surface area contributed by atoms with Gasteiger partial charge >= 0.3 is 35.5 Å². The standard InChI is InChI=1S/C5H9NO5S2.Na.H/c1-2-11-5(12)6-13(9,10)3-4(7)8;;/h2-3H2,1H3,(H,6,12)(H,7,8);;. The van der Waals surface area contributed by atoms with Gasteiger partial charge in [0.25, 0.3) is 5.17 Å². The third-order valence-electron chi connectivity index (χ3n) is 0.828. The van der Waals surface area contributed by atoms with Gasteiger partial charge in [-0.1, -0.05) is 0 Å². The van der Waals surface area contributed by atoms with Crippen LogP contribution in [0.4, 0.5) is 0 Å². The molecule has 0 fully saturated rings. The third kappa shape index (κ3) is 8.70. The second-order valence-electron chi connectivity index (χ2n) is 1.98. The molecule has 2 N–H and O–H groups in total. The maximum absolute atomic E-state index is 10.9. The Balaban J connectivity index is 0. The second-order valence-corrected chi connectivity index (χ2v) is 4.07. The van der Waals surface area contributed by atoms with Crippen molar-refractivity contribution >= 4 is 62.9 Å². The Morgan fingerprint density at radius 2 is 2.07 bits per heavy atom. The molecule has 0 aliphatic heterocycles. The summed E-state index contributed by atoms with van der Waals surface area (Å²) in [4.78, 5) is 10.1. The number of thiocarbonyl (C=S) groups is 1. The van der Waals surface area contributed by atoms with Crippen LogP contribution in [0.1, 0.15) is 6.92 Å². The van der Waals surface area contributed by atoms with Gasteiger partial charge in [-0.2, -0.15) is 0 Å². The molecule has 0 saturated carbocycles. The van der Waals surface area contributed by atoms with Gasteiger partial charge in [-0.15, -0.1) is 0 Å². The van der Waals surface area contributed by atoms with Crippen LogP contribution in [0.25, 0.3) is 0 Å². The summed E-state index contributed by atoms with van der Waals surface area (Å²) >= 11 is 4.45. The molecule has 0 unspecified atom stereocenters. The third-order valence-corrected chi connectivity index (χ3v) is 2.30. The fraction of sp³-hybridized carbons (Fsp3) is 0.600. The van der Waals surface area contributed by atoms with Crippen molar-refractivity contribution in [2.75, 3.05) is 12.4 Å². The first kappa shape index (κ1) is 16.5. The topological polar surface area (TPSA) is 92.7 Å². The summed E-state index contributed by atoms with van der Waals surface area (Å²) < 4.78 is 28.1. The van der Waals surface area contributed by atoms with E-state index in [9.17, 15) is 13.2 Å². The molecule has 0 heterocycles. The molecule has 0 atom stereocenters. The van der Waals surface area contributed by atoms with Crippen molar-refractivity contribution in [3.63, 3.8) is 0 Å². The van der Waals surface area contributed by atoms with Crippen molar-refractivity contribution in [1.82, 2.24) is 4.72 Å². The van der Waals surface area contributed by atoms with E-state index in [4.69, 9.17) is 5.11 Å². The van der Waals surface area contributed by atoms with Crippen molar-refractivity contribution in [2.45, 2.75) is 6.92 Å². The van der Waals surface area contributed by atoms with Crippen LogP contribution in [0.2, 0.25) is 0 Å². The number of nitrogens with one attached hydrogen (secondary N) is 1. The van der Waals surface area contributed by atoms with Crippen LogP contribution in [-0.2, 0) is 19.6 Å². The molecular formula is C5H10NNaO5S2. The SMILES string of the molecule is CCOC(=S)NS(=O)(=O)CC(=O)O.[NaH]. The number of hydrogen-bond donors (Lipinski definition) is 2. The molecule has 9 heteroatoms. The van der Waals surface area contributed by atoms with Crippen LogP contribution < -0.4 is 4.72 Å². The predicted octanol–water partition coefficient (Wildman–Crippen LogP) is -1.34. The fourth-order valence-corrected chi connectivity index (χ4v) is 1.70. The molecule has 6 nitrogen and oxygen atoms in total. The van der Waals surface area contributed by atoms with E-state index < -0.39 is 21.7 Å². The van der Waals surface area contributed by atoms with E-state index >= 15 is 0 Å². The van der Waals surface area contributed by atoms with Gasteiger partial charge in [0.1, 0.15) is 0 Å². The van der Waals surface area contributed by atoms with Crippen molar-refractivity contribution in [3.05, 3.63) is 0 Å². The molecule has 0 amide bonds. The van der Waals surface area contributed by atoms with Crippen LogP contribution in [-0.4, -0.2) is 66.6 Å². The molecule has 0 spiro atoms. The van der Waals surface area contributed by atoms with Gasteiger partial charge in [-0.25, -0.2) is 13.1 Å². The zero-order chi connectivity index (χ0) is 10.5. The first-order valence-corrected chi connectivity index (χ1v) is 5.32. The molecule has 0 aromatic rings. The van der Waals surface area contributed by atoms with Crippen LogP contribution in [0.15, 0.2) is 0 Å². The van der Waals surface area contributed by atoms with Gasteiger partial charge in [0.15, 0.2) is 5.75 Å². The molecule has 0 aromatic carbocycles. The van der Waals surface area contributed by atoms with Crippen LogP contribution >= 0.6 is 12.2 Å². The first-order valence-electron chi connectivity index (χ1n) is 3.26. The number of sulfonamides is 1. The average Bonchev–Trinajstić information content (AvgIpc) is 1.81. The quantitative estimate of drug-likeness (QED) is 0.475. The van der Waals surface area contributed by atoms with E-state index in [1.807, 2.05) is 0 Å². The van der Waals surface area contributed by atoms with Crippen molar-refractivity contribution in [2.24, 2.45) is 0 Å². The normalized spacial score (nSPS) is 9.79. The Labute approximate surface area is 109 Å². The molecule has 0 radical (unpaired) electrons. The van der Waals surface area contributed by atoms with E-state index in [1.165, 1.54) is 0 Å². The number of aliphatic carboxylic acids is 1. The Kier molecular flexibility index (Phi) is 8.75. The summed E-state index contributed by atoms with van der Waals surface area (Å²) in [5.41, 5.74) is 0. The van der Waals surface area contributed by atoms with Crippen LogP contribution in [0.3, 0.4) is 0 Å². The number of rotatable bonds is 4.